The lowest BCUT2D eigenvalue weighted by atomic mass is 10.1. The number of hydrogen-bond acceptors (Lipinski definition) is 4. The monoisotopic (exact) mass is 330 g/mol. The first-order valence-corrected chi connectivity index (χ1v) is 8.30. The molecular weight excluding hydrogens is 304 g/mol. The molecule has 0 radical (unpaired) electrons. The van der Waals surface area contributed by atoms with Crippen molar-refractivity contribution in [3.05, 3.63) is 41.0 Å². The van der Waals surface area contributed by atoms with Gasteiger partial charge in [-0.2, -0.15) is 5.10 Å². The molecule has 6 nitrogen and oxygen atoms in total. The molecule has 0 fully saturated rings. The molecule has 1 heterocycles. The van der Waals surface area contributed by atoms with Crippen LogP contribution in [-0.2, 0) is 11.3 Å². The van der Waals surface area contributed by atoms with E-state index in [1.165, 1.54) is 6.33 Å². The Kier molecular flexibility index (Phi) is 5.95. The summed E-state index contributed by atoms with van der Waals surface area (Å²) in [6, 6.07) is 3.85. The summed E-state index contributed by atoms with van der Waals surface area (Å²) in [4.78, 5) is 16.4. The average molecular weight is 330 g/mol. The van der Waals surface area contributed by atoms with Gasteiger partial charge in [-0.3, -0.25) is 4.79 Å². The number of nitrogens with zero attached hydrogens (tertiary/aromatic N) is 3. The maximum atomic E-state index is 12.2. The molecule has 0 bridgehead atoms. The summed E-state index contributed by atoms with van der Waals surface area (Å²) >= 11 is 0. The SMILES string of the molecule is CCCn1ncnc1[C@H](C)NC(=O)COc1c(C)ccc(C)c1C. The lowest BCUT2D eigenvalue weighted by molar-refractivity contribution is -0.123. The highest BCUT2D eigenvalue weighted by molar-refractivity contribution is 5.78. The molecule has 1 atom stereocenters. The average Bonchev–Trinajstić information content (AvgIpc) is 3.00. The Hall–Kier alpha value is -2.37. The number of benzene rings is 1. The highest BCUT2D eigenvalue weighted by Crippen LogP contribution is 2.25. The van der Waals surface area contributed by atoms with E-state index in [9.17, 15) is 4.79 Å². The summed E-state index contributed by atoms with van der Waals surface area (Å²) in [6.07, 6.45) is 2.48. The summed E-state index contributed by atoms with van der Waals surface area (Å²) in [5.41, 5.74) is 3.25. The molecule has 0 aliphatic heterocycles. The Morgan fingerprint density at radius 2 is 2.00 bits per heavy atom. The minimum absolute atomic E-state index is 0.0165. The van der Waals surface area contributed by atoms with Crippen LogP contribution in [0.25, 0.3) is 0 Å². The van der Waals surface area contributed by atoms with Crippen LogP contribution in [-0.4, -0.2) is 27.3 Å². The van der Waals surface area contributed by atoms with Gasteiger partial charge in [0.25, 0.3) is 5.91 Å². The smallest absolute Gasteiger partial charge is 0.258 e. The first-order valence-electron chi connectivity index (χ1n) is 8.30. The van der Waals surface area contributed by atoms with Crippen LogP contribution in [0.3, 0.4) is 0 Å². The van der Waals surface area contributed by atoms with Crippen LogP contribution in [0, 0.1) is 20.8 Å². The van der Waals surface area contributed by atoms with Gasteiger partial charge in [-0.05, 0) is 50.8 Å². The molecule has 0 spiro atoms. The molecule has 0 aliphatic rings. The van der Waals surface area contributed by atoms with Crippen molar-refractivity contribution in [1.29, 1.82) is 0 Å². The van der Waals surface area contributed by atoms with Crippen molar-refractivity contribution in [2.75, 3.05) is 6.61 Å². The van der Waals surface area contributed by atoms with E-state index in [-0.39, 0.29) is 18.6 Å². The van der Waals surface area contributed by atoms with Gasteiger partial charge in [0, 0.05) is 6.54 Å². The molecule has 1 N–H and O–H groups in total. The van der Waals surface area contributed by atoms with Crippen LogP contribution in [0.2, 0.25) is 0 Å². The molecule has 1 aromatic heterocycles. The second-order valence-electron chi connectivity index (χ2n) is 6.07. The number of amides is 1. The fourth-order valence-corrected chi connectivity index (χ4v) is 2.63. The van der Waals surface area contributed by atoms with Gasteiger partial charge in [0.05, 0.1) is 6.04 Å². The highest BCUT2D eigenvalue weighted by atomic mass is 16.5. The zero-order valence-electron chi connectivity index (χ0n) is 15.1. The first kappa shape index (κ1) is 18.0. The third kappa shape index (κ3) is 4.13. The number of hydrogen-bond donors (Lipinski definition) is 1. The number of ether oxygens (including phenoxy) is 1. The topological polar surface area (TPSA) is 69.0 Å². The maximum Gasteiger partial charge on any atom is 0.258 e. The largest absolute Gasteiger partial charge is 0.483 e. The molecule has 1 amide bonds. The van der Waals surface area contributed by atoms with Gasteiger partial charge in [-0.25, -0.2) is 9.67 Å². The van der Waals surface area contributed by atoms with Crippen LogP contribution in [0.4, 0.5) is 0 Å². The molecule has 6 heteroatoms. The Morgan fingerprint density at radius 3 is 2.71 bits per heavy atom. The van der Waals surface area contributed by atoms with Crippen LogP contribution in [0.15, 0.2) is 18.5 Å². The number of rotatable bonds is 7. The van der Waals surface area contributed by atoms with E-state index in [0.717, 1.165) is 41.2 Å². The minimum atomic E-state index is -0.213. The maximum absolute atomic E-state index is 12.2. The number of carbonyl (C=O) groups is 1. The van der Waals surface area contributed by atoms with Gasteiger partial charge in [0.1, 0.15) is 17.9 Å². The van der Waals surface area contributed by atoms with Crippen LogP contribution in [0.1, 0.15) is 48.8 Å². The molecule has 2 rings (SSSR count). The van der Waals surface area contributed by atoms with E-state index in [4.69, 9.17) is 4.74 Å². The van der Waals surface area contributed by atoms with Gasteiger partial charge in [0.2, 0.25) is 0 Å². The summed E-state index contributed by atoms with van der Waals surface area (Å²) in [7, 11) is 0. The Labute approximate surface area is 143 Å². The summed E-state index contributed by atoms with van der Waals surface area (Å²) in [5.74, 6) is 1.37. The van der Waals surface area contributed by atoms with Crippen molar-refractivity contribution >= 4 is 5.91 Å². The van der Waals surface area contributed by atoms with Crippen molar-refractivity contribution in [2.45, 2.75) is 53.6 Å². The van der Waals surface area contributed by atoms with Crippen molar-refractivity contribution in [3.63, 3.8) is 0 Å². The van der Waals surface area contributed by atoms with Crippen molar-refractivity contribution < 1.29 is 9.53 Å². The predicted molar refractivity (Wildman–Crippen MR) is 93.0 cm³/mol. The van der Waals surface area contributed by atoms with Crippen molar-refractivity contribution in [3.8, 4) is 5.75 Å². The Bertz CT molecular complexity index is 709. The molecule has 0 saturated carbocycles. The van der Waals surface area contributed by atoms with Gasteiger partial charge >= 0.3 is 0 Å². The van der Waals surface area contributed by atoms with E-state index in [2.05, 4.69) is 28.4 Å². The molecule has 0 saturated heterocycles. The number of aryl methyl sites for hydroxylation is 3. The van der Waals surface area contributed by atoms with Gasteiger partial charge < -0.3 is 10.1 Å². The number of nitrogens with one attached hydrogen (secondary N) is 1. The quantitative estimate of drug-likeness (QED) is 0.847. The molecule has 0 unspecified atom stereocenters. The standard InChI is InChI=1S/C18H26N4O2/c1-6-9-22-18(19-11-20-22)15(5)21-16(23)10-24-17-13(3)8-7-12(2)14(17)4/h7-8,11,15H,6,9-10H2,1-5H3,(H,21,23)/t15-/m0/s1. The fourth-order valence-electron chi connectivity index (χ4n) is 2.63. The van der Waals surface area contributed by atoms with E-state index < -0.39 is 0 Å². The van der Waals surface area contributed by atoms with Gasteiger partial charge in [-0.15, -0.1) is 0 Å². The third-order valence-electron chi connectivity index (χ3n) is 4.07. The lowest BCUT2D eigenvalue weighted by Gasteiger charge is -2.16. The van der Waals surface area contributed by atoms with E-state index in [1.807, 2.05) is 38.4 Å². The van der Waals surface area contributed by atoms with Crippen LogP contribution >= 0.6 is 0 Å². The molecule has 24 heavy (non-hydrogen) atoms. The molecule has 2 aromatic rings. The Balaban J connectivity index is 1.96. The normalized spacial score (nSPS) is 12.0. The molecule has 130 valence electrons. The molecular formula is C18H26N4O2. The van der Waals surface area contributed by atoms with E-state index >= 15 is 0 Å². The second-order valence-corrected chi connectivity index (χ2v) is 6.07. The number of carbonyl (C=O) groups excluding carboxylic acids is 1. The first-order chi connectivity index (χ1) is 11.4. The fraction of sp³-hybridized carbons (Fsp3) is 0.500. The van der Waals surface area contributed by atoms with Gasteiger partial charge in [0.15, 0.2) is 6.61 Å². The predicted octanol–water partition coefficient (Wildman–Crippen LogP) is 2.87. The van der Waals surface area contributed by atoms with Crippen molar-refractivity contribution in [1.82, 2.24) is 20.1 Å². The minimum Gasteiger partial charge on any atom is -0.483 e. The Morgan fingerprint density at radius 1 is 1.29 bits per heavy atom. The molecule has 0 aliphatic carbocycles. The third-order valence-corrected chi connectivity index (χ3v) is 4.07. The molecule has 1 aromatic carbocycles. The summed E-state index contributed by atoms with van der Waals surface area (Å²) < 4.78 is 7.57. The van der Waals surface area contributed by atoms with Crippen LogP contribution in [0.5, 0.6) is 5.75 Å². The van der Waals surface area contributed by atoms with Crippen LogP contribution < -0.4 is 10.1 Å². The zero-order chi connectivity index (χ0) is 17.7. The zero-order valence-corrected chi connectivity index (χ0v) is 15.1. The van der Waals surface area contributed by atoms with Crippen molar-refractivity contribution in [2.24, 2.45) is 0 Å². The summed E-state index contributed by atoms with van der Waals surface area (Å²) in [5, 5.41) is 7.10. The van der Waals surface area contributed by atoms with E-state index in [0.29, 0.717) is 0 Å². The van der Waals surface area contributed by atoms with Gasteiger partial charge in [-0.1, -0.05) is 19.1 Å². The summed E-state index contributed by atoms with van der Waals surface area (Å²) in [6.45, 7) is 10.8. The second kappa shape index (κ2) is 7.95. The number of aromatic nitrogens is 3. The lowest BCUT2D eigenvalue weighted by Crippen LogP contribution is -2.33. The van der Waals surface area contributed by atoms with E-state index in [1.54, 1.807) is 0 Å². The highest BCUT2D eigenvalue weighted by Gasteiger charge is 2.16.